The lowest BCUT2D eigenvalue weighted by Crippen LogP contribution is -2.52. The van der Waals surface area contributed by atoms with Crippen LogP contribution in [0, 0.1) is 0 Å². The van der Waals surface area contributed by atoms with Crippen LogP contribution in [0.1, 0.15) is 23.5 Å². The number of aliphatic hydroxyl groups excluding tert-OH is 1. The predicted octanol–water partition coefficient (Wildman–Crippen LogP) is 1.41. The molecule has 1 unspecified atom stereocenters. The van der Waals surface area contributed by atoms with Crippen LogP contribution in [-0.2, 0) is 14.3 Å². The molecule has 0 heterocycles. The summed E-state index contributed by atoms with van der Waals surface area (Å²) in [6.07, 6.45) is -2.44. The Balaban J connectivity index is 1.60. The van der Waals surface area contributed by atoms with Gasteiger partial charge in [0.25, 0.3) is 0 Å². The van der Waals surface area contributed by atoms with E-state index in [9.17, 15) is 19.5 Å². The summed E-state index contributed by atoms with van der Waals surface area (Å²) in [7, 11) is 3.50. The molecule has 0 bridgehead atoms. The van der Waals surface area contributed by atoms with E-state index >= 15 is 0 Å². The van der Waals surface area contributed by atoms with Crippen molar-refractivity contribution in [2.75, 3.05) is 33.8 Å². The zero-order valence-corrected chi connectivity index (χ0v) is 18.7. The van der Waals surface area contributed by atoms with Gasteiger partial charge in [0.15, 0.2) is 0 Å². The average Bonchev–Trinajstić information content (AvgIpc) is 3.08. The molecule has 0 spiro atoms. The van der Waals surface area contributed by atoms with Gasteiger partial charge in [0, 0.05) is 19.0 Å². The summed E-state index contributed by atoms with van der Waals surface area (Å²) in [6.45, 7) is 0.0833. The van der Waals surface area contributed by atoms with Crippen molar-refractivity contribution in [2.45, 2.75) is 24.5 Å². The summed E-state index contributed by atoms with van der Waals surface area (Å²) < 4.78 is 5.50. The van der Waals surface area contributed by atoms with Gasteiger partial charge in [0.05, 0.1) is 12.5 Å². The molecule has 2 aromatic carbocycles. The van der Waals surface area contributed by atoms with E-state index in [1.165, 1.54) is 0 Å². The zero-order valence-electron chi connectivity index (χ0n) is 18.7. The monoisotopic (exact) mass is 455 g/mol. The number of nitrogens with zero attached hydrogens (tertiary/aromatic N) is 1. The van der Waals surface area contributed by atoms with Crippen LogP contribution in [0.15, 0.2) is 48.5 Å². The van der Waals surface area contributed by atoms with Crippen molar-refractivity contribution in [3.63, 3.8) is 0 Å². The van der Waals surface area contributed by atoms with Gasteiger partial charge >= 0.3 is 12.1 Å². The first kappa shape index (κ1) is 24.2. The van der Waals surface area contributed by atoms with Crippen LogP contribution in [0.5, 0.6) is 0 Å². The molecular weight excluding hydrogens is 426 g/mol. The molecular formula is C24H29N3O6. The molecule has 2 atom stereocenters. The Morgan fingerprint density at radius 1 is 1.03 bits per heavy atom. The first-order chi connectivity index (χ1) is 15.8. The number of benzene rings is 2. The zero-order chi connectivity index (χ0) is 24.0. The Morgan fingerprint density at radius 2 is 1.61 bits per heavy atom. The maximum Gasteiger partial charge on any atom is 0.407 e. The van der Waals surface area contributed by atoms with Gasteiger partial charge in [0.2, 0.25) is 5.91 Å². The van der Waals surface area contributed by atoms with E-state index < -0.39 is 36.5 Å². The maximum absolute atomic E-state index is 12.5. The van der Waals surface area contributed by atoms with Crippen molar-refractivity contribution in [3.8, 4) is 11.1 Å². The molecule has 1 aliphatic rings. The molecule has 0 fully saturated rings. The minimum atomic E-state index is -1.22. The summed E-state index contributed by atoms with van der Waals surface area (Å²) in [5.41, 5.74) is 4.40. The molecule has 33 heavy (non-hydrogen) atoms. The fraction of sp³-hybridized carbons (Fsp3) is 0.375. The number of nitrogens with one attached hydrogen (secondary N) is 2. The second-order valence-corrected chi connectivity index (χ2v) is 8.28. The summed E-state index contributed by atoms with van der Waals surface area (Å²) in [6, 6.07) is 15.1. The number of carbonyl (C=O) groups excluding carboxylic acids is 2. The highest BCUT2D eigenvalue weighted by Crippen LogP contribution is 2.44. The molecule has 2 amide bonds. The second kappa shape index (κ2) is 10.9. The van der Waals surface area contributed by atoms with Crippen LogP contribution in [0.3, 0.4) is 0 Å². The van der Waals surface area contributed by atoms with Crippen LogP contribution in [0.4, 0.5) is 4.79 Å². The Hall–Kier alpha value is -3.43. The van der Waals surface area contributed by atoms with E-state index in [0.29, 0.717) is 0 Å². The number of carbonyl (C=O) groups is 3. The highest BCUT2D eigenvalue weighted by atomic mass is 16.5. The van der Waals surface area contributed by atoms with Gasteiger partial charge in [-0.05, 0) is 36.3 Å². The highest BCUT2D eigenvalue weighted by Gasteiger charge is 2.30. The normalized spacial score (nSPS) is 14.2. The SMILES string of the molecule is CN(C)C[C@H](NC(=O)OCC1c2ccccc2-c2ccccc21)C(=O)NCC(O)CC(=O)O. The summed E-state index contributed by atoms with van der Waals surface area (Å²) in [5.74, 6) is -1.81. The molecule has 0 aliphatic heterocycles. The maximum atomic E-state index is 12.5. The van der Waals surface area contributed by atoms with E-state index in [1.807, 2.05) is 48.5 Å². The predicted molar refractivity (Wildman–Crippen MR) is 122 cm³/mol. The molecule has 1 aliphatic carbocycles. The van der Waals surface area contributed by atoms with Crippen LogP contribution < -0.4 is 10.6 Å². The van der Waals surface area contributed by atoms with Crippen LogP contribution >= 0.6 is 0 Å². The van der Waals surface area contributed by atoms with Gasteiger partial charge in [-0.15, -0.1) is 0 Å². The number of alkyl carbamates (subject to hydrolysis) is 1. The summed E-state index contributed by atoms with van der Waals surface area (Å²) in [5, 5.41) is 23.4. The third-order valence-electron chi connectivity index (χ3n) is 5.42. The first-order valence-corrected chi connectivity index (χ1v) is 10.7. The van der Waals surface area contributed by atoms with Crippen LogP contribution in [-0.4, -0.2) is 79.0 Å². The molecule has 3 rings (SSSR count). The van der Waals surface area contributed by atoms with E-state index in [4.69, 9.17) is 9.84 Å². The lowest BCUT2D eigenvalue weighted by atomic mass is 9.98. The largest absolute Gasteiger partial charge is 0.481 e. The number of aliphatic carboxylic acids is 1. The number of ether oxygens (including phenoxy) is 1. The molecule has 4 N–H and O–H groups in total. The Morgan fingerprint density at radius 3 is 2.15 bits per heavy atom. The van der Waals surface area contributed by atoms with Crippen molar-refractivity contribution in [1.82, 2.24) is 15.5 Å². The topological polar surface area (TPSA) is 128 Å². The molecule has 0 aromatic heterocycles. The number of fused-ring (bicyclic) bond motifs is 3. The van der Waals surface area contributed by atoms with Gasteiger partial charge in [-0.25, -0.2) is 4.79 Å². The number of amides is 2. The van der Waals surface area contributed by atoms with Crippen LogP contribution in [0.25, 0.3) is 11.1 Å². The fourth-order valence-electron chi connectivity index (χ4n) is 3.96. The molecule has 2 aromatic rings. The average molecular weight is 456 g/mol. The fourth-order valence-corrected chi connectivity index (χ4v) is 3.96. The number of hydrogen-bond donors (Lipinski definition) is 4. The minimum Gasteiger partial charge on any atom is -0.481 e. The van der Waals surface area contributed by atoms with Gasteiger partial charge in [-0.2, -0.15) is 0 Å². The Bertz CT molecular complexity index is 964. The smallest absolute Gasteiger partial charge is 0.407 e. The molecule has 176 valence electrons. The number of carboxylic acids is 1. The standard InChI is InChI=1S/C24H29N3O6/c1-27(2)13-21(23(31)25-12-15(28)11-22(29)30)26-24(32)33-14-20-18-9-5-3-7-16(18)17-8-4-6-10-19(17)20/h3-10,15,20-21,28H,11-14H2,1-2H3,(H,25,31)(H,26,32)(H,29,30)/t15?,21-/m0/s1. The number of carboxylic acid groups (broad SMARTS) is 1. The van der Waals surface area contributed by atoms with Gasteiger partial charge in [-0.3, -0.25) is 9.59 Å². The lowest BCUT2D eigenvalue weighted by molar-refractivity contribution is -0.139. The first-order valence-electron chi connectivity index (χ1n) is 10.7. The van der Waals surface area contributed by atoms with E-state index in [1.54, 1.807) is 19.0 Å². The van der Waals surface area contributed by atoms with Gasteiger partial charge in [0.1, 0.15) is 12.6 Å². The third-order valence-corrected chi connectivity index (χ3v) is 5.42. The van der Waals surface area contributed by atoms with E-state index in [0.717, 1.165) is 22.3 Å². The number of aliphatic hydroxyl groups is 1. The number of likely N-dealkylation sites (N-methyl/N-ethyl adjacent to an activating group) is 1. The van der Waals surface area contributed by atoms with E-state index in [2.05, 4.69) is 10.6 Å². The summed E-state index contributed by atoms with van der Waals surface area (Å²) in [4.78, 5) is 37.5. The quantitative estimate of drug-likeness (QED) is 0.426. The summed E-state index contributed by atoms with van der Waals surface area (Å²) >= 11 is 0. The van der Waals surface area contributed by atoms with Crippen molar-refractivity contribution in [1.29, 1.82) is 0 Å². The lowest BCUT2D eigenvalue weighted by Gasteiger charge is -2.23. The van der Waals surface area contributed by atoms with Gasteiger partial charge in [-0.1, -0.05) is 48.5 Å². The Kier molecular flexibility index (Phi) is 8.02. The highest BCUT2D eigenvalue weighted by molar-refractivity contribution is 5.86. The Labute approximate surface area is 192 Å². The van der Waals surface area contributed by atoms with Crippen molar-refractivity contribution in [2.24, 2.45) is 0 Å². The third kappa shape index (κ3) is 6.30. The van der Waals surface area contributed by atoms with E-state index in [-0.39, 0.29) is 25.6 Å². The molecule has 0 saturated heterocycles. The molecule has 0 radical (unpaired) electrons. The van der Waals surface area contributed by atoms with Crippen molar-refractivity contribution >= 4 is 18.0 Å². The van der Waals surface area contributed by atoms with Crippen molar-refractivity contribution < 1.29 is 29.3 Å². The van der Waals surface area contributed by atoms with Crippen molar-refractivity contribution in [3.05, 3.63) is 59.7 Å². The molecule has 0 saturated carbocycles. The minimum absolute atomic E-state index is 0.101. The second-order valence-electron chi connectivity index (χ2n) is 8.28. The molecule has 9 heteroatoms. The van der Waals surface area contributed by atoms with Gasteiger partial charge < -0.3 is 30.5 Å². The van der Waals surface area contributed by atoms with Crippen LogP contribution in [0.2, 0.25) is 0 Å². The molecule has 9 nitrogen and oxygen atoms in total. The number of rotatable bonds is 10. The number of hydrogen-bond acceptors (Lipinski definition) is 6.